The molecule has 0 bridgehead atoms. The molecule has 0 aromatic carbocycles. The normalized spacial score (nSPS) is 15.5. The van der Waals surface area contributed by atoms with Gasteiger partial charge in [0.1, 0.15) is 0 Å². The number of nitrogens with two attached hydrogens (primary N) is 1. The van der Waals surface area contributed by atoms with Crippen LogP contribution in [0.3, 0.4) is 0 Å². The molecule has 3 N–H and O–H groups in total. The molecule has 16 heavy (non-hydrogen) atoms. The Morgan fingerprint density at radius 2 is 2.00 bits per heavy atom. The molecule has 0 radical (unpaired) electrons. The van der Waals surface area contributed by atoms with Gasteiger partial charge >= 0.3 is 0 Å². The van der Waals surface area contributed by atoms with Crippen molar-refractivity contribution in [3.8, 4) is 12.3 Å². The minimum Gasteiger partial charge on any atom is -0.271 e. The zero-order valence-corrected chi connectivity index (χ0v) is 11.3. The molecular formula is C14H28N2. The SMILES string of the molecule is C#CCCCC(CC(C)CC(C)(C)C)NN. The van der Waals surface area contributed by atoms with Gasteiger partial charge in [0.25, 0.3) is 0 Å². The molecule has 0 heterocycles. The van der Waals surface area contributed by atoms with Gasteiger partial charge in [-0.1, -0.05) is 27.7 Å². The van der Waals surface area contributed by atoms with Crippen LogP contribution in [0.15, 0.2) is 0 Å². The molecule has 0 amide bonds. The molecule has 0 saturated heterocycles. The van der Waals surface area contributed by atoms with Gasteiger partial charge in [-0.2, -0.15) is 0 Å². The molecule has 0 saturated carbocycles. The molecule has 0 aliphatic rings. The topological polar surface area (TPSA) is 38.0 Å². The summed E-state index contributed by atoms with van der Waals surface area (Å²) in [5.74, 6) is 8.94. The van der Waals surface area contributed by atoms with Crippen molar-refractivity contribution in [1.29, 1.82) is 0 Å². The first kappa shape index (κ1) is 15.5. The quantitative estimate of drug-likeness (QED) is 0.302. The number of hydrogen-bond acceptors (Lipinski definition) is 2. The maximum Gasteiger partial charge on any atom is 0.0213 e. The maximum atomic E-state index is 5.57. The average molecular weight is 224 g/mol. The number of unbranched alkanes of at least 4 members (excludes halogenated alkanes) is 1. The Bertz CT molecular complexity index is 210. The first-order valence-corrected chi connectivity index (χ1v) is 6.28. The molecule has 0 rings (SSSR count). The monoisotopic (exact) mass is 224 g/mol. The molecule has 2 nitrogen and oxygen atoms in total. The van der Waals surface area contributed by atoms with Crippen LogP contribution in [0.5, 0.6) is 0 Å². The van der Waals surface area contributed by atoms with Crippen LogP contribution in [0.25, 0.3) is 0 Å². The molecule has 0 aliphatic carbocycles. The molecule has 0 aromatic heterocycles. The van der Waals surface area contributed by atoms with Crippen molar-refractivity contribution in [3.05, 3.63) is 0 Å². The smallest absolute Gasteiger partial charge is 0.0213 e. The second-order valence-electron chi connectivity index (χ2n) is 6.07. The number of terminal acetylenes is 1. The molecule has 0 aromatic rings. The Morgan fingerprint density at radius 1 is 1.38 bits per heavy atom. The summed E-state index contributed by atoms with van der Waals surface area (Å²) in [5.41, 5.74) is 3.31. The van der Waals surface area contributed by atoms with Gasteiger partial charge in [-0.05, 0) is 37.0 Å². The first-order valence-electron chi connectivity index (χ1n) is 6.28. The third-order valence-electron chi connectivity index (χ3n) is 2.76. The van der Waals surface area contributed by atoms with Gasteiger partial charge in [-0.15, -0.1) is 12.3 Å². The van der Waals surface area contributed by atoms with Crippen LogP contribution in [-0.4, -0.2) is 6.04 Å². The second kappa shape index (κ2) is 7.70. The minimum atomic E-state index is 0.400. The Labute approximate surface area is 101 Å². The van der Waals surface area contributed by atoms with E-state index in [-0.39, 0.29) is 0 Å². The van der Waals surface area contributed by atoms with Gasteiger partial charge in [0.05, 0.1) is 0 Å². The van der Waals surface area contributed by atoms with Crippen LogP contribution >= 0.6 is 0 Å². The summed E-state index contributed by atoms with van der Waals surface area (Å²) in [6.45, 7) is 9.16. The summed E-state index contributed by atoms with van der Waals surface area (Å²) in [7, 11) is 0. The fraction of sp³-hybridized carbons (Fsp3) is 0.857. The third-order valence-corrected chi connectivity index (χ3v) is 2.76. The van der Waals surface area contributed by atoms with Gasteiger partial charge < -0.3 is 0 Å². The first-order chi connectivity index (χ1) is 7.39. The maximum absolute atomic E-state index is 5.57. The van der Waals surface area contributed by atoms with Crippen molar-refractivity contribution in [1.82, 2.24) is 5.43 Å². The summed E-state index contributed by atoms with van der Waals surface area (Å²) >= 11 is 0. The molecule has 0 spiro atoms. The third kappa shape index (κ3) is 8.76. The van der Waals surface area contributed by atoms with E-state index >= 15 is 0 Å². The van der Waals surface area contributed by atoms with Crippen molar-refractivity contribution < 1.29 is 0 Å². The highest BCUT2D eigenvalue weighted by Crippen LogP contribution is 2.27. The highest BCUT2D eigenvalue weighted by Gasteiger charge is 2.18. The van der Waals surface area contributed by atoms with Crippen molar-refractivity contribution in [3.63, 3.8) is 0 Å². The van der Waals surface area contributed by atoms with Crippen molar-refractivity contribution >= 4 is 0 Å². The number of hydrazine groups is 1. The van der Waals surface area contributed by atoms with E-state index in [1.807, 2.05) is 0 Å². The lowest BCUT2D eigenvalue weighted by molar-refractivity contribution is 0.270. The molecule has 2 heteroatoms. The summed E-state index contributed by atoms with van der Waals surface area (Å²) in [6, 6.07) is 0.408. The number of hydrogen-bond donors (Lipinski definition) is 2. The molecule has 94 valence electrons. The Balaban J connectivity index is 3.88. The summed E-state index contributed by atoms with van der Waals surface area (Å²) in [4.78, 5) is 0. The van der Waals surface area contributed by atoms with E-state index in [0.717, 1.165) is 25.7 Å². The Kier molecular flexibility index (Phi) is 7.45. The molecule has 2 atom stereocenters. The minimum absolute atomic E-state index is 0.400. The zero-order valence-electron chi connectivity index (χ0n) is 11.3. The predicted octanol–water partition coefficient (Wildman–Crippen LogP) is 3.08. The zero-order chi connectivity index (χ0) is 12.6. The van der Waals surface area contributed by atoms with Gasteiger partial charge in [0, 0.05) is 12.5 Å². The van der Waals surface area contributed by atoms with Crippen LogP contribution in [0, 0.1) is 23.7 Å². The van der Waals surface area contributed by atoms with Crippen LogP contribution in [0.2, 0.25) is 0 Å². The van der Waals surface area contributed by atoms with Crippen LogP contribution < -0.4 is 11.3 Å². The molecule has 0 aliphatic heterocycles. The van der Waals surface area contributed by atoms with Crippen molar-refractivity contribution in [2.75, 3.05) is 0 Å². The van der Waals surface area contributed by atoms with Crippen molar-refractivity contribution in [2.45, 2.75) is 65.8 Å². The summed E-state index contributed by atoms with van der Waals surface area (Å²) < 4.78 is 0. The van der Waals surface area contributed by atoms with Gasteiger partial charge in [-0.25, -0.2) is 0 Å². The Morgan fingerprint density at radius 3 is 2.44 bits per heavy atom. The van der Waals surface area contributed by atoms with E-state index < -0.39 is 0 Å². The summed E-state index contributed by atoms with van der Waals surface area (Å²) in [5, 5.41) is 0. The van der Waals surface area contributed by atoms with Gasteiger partial charge in [0.2, 0.25) is 0 Å². The standard InChI is InChI=1S/C14H28N2/c1-6-7-8-9-13(16-15)10-12(2)11-14(3,4)5/h1,12-13,16H,7-11,15H2,2-5H3. The number of nitrogens with one attached hydrogen (secondary N) is 1. The lowest BCUT2D eigenvalue weighted by Crippen LogP contribution is -2.36. The van der Waals surface area contributed by atoms with E-state index in [4.69, 9.17) is 12.3 Å². The van der Waals surface area contributed by atoms with E-state index in [1.165, 1.54) is 6.42 Å². The highest BCUT2D eigenvalue weighted by molar-refractivity contribution is 4.84. The highest BCUT2D eigenvalue weighted by atomic mass is 15.2. The summed E-state index contributed by atoms with van der Waals surface area (Å²) in [6.07, 6.45) is 10.6. The van der Waals surface area contributed by atoms with Crippen LogP contribution in [0.4, 0.5) is 0 Å². The molecule has 2 unspecified atom stereocenters. The fourth-order valence-corrected chi connectivity index (χ4v) is 2.33. The lowest BCUT2D eigenvalue weighted by Gasteiger charge is -2.26. The largest absolute Gasteiger partial charge is 0.271 e. The molecule has 0 fully saturated rings. The van der Waals surface area contributed by atoms with Crippen molar-refractivity contribution in [2.24, 2.45) is 17.2 Å². The fourth-order valence-electron chi connectivity index (χ4n) is 2.33. The lowest BCUT2D eigenvalue weighted by atomic mass is 9.82. The average Bonchev–Trinajstić information content (AvgIpc) is 2.13. The second-order valence-corrected chi connectivity index (χ2v) is 6.07. The van der Waals surface area contributed by atoms with E-state index in [2.05, 4.69) is 39.0 Å². The van der Waals surface area contributed by atoms with Gasteiger partial charge in [-0.3, -0.25) is 11.3 Å². The molecular weight excluding hydrogens is 196 g/mol. The predicted molar refractivity (Wildman–Crippen MR) is 71.6 cm³/mol. The van der Waals surface area contributed by atoms with Crippen LogP contribution in [0.1, 0.15) is 59.8 Å². The number of rotatable bonds is 7. The van der Waals surface area contributed by atoms with E-state index in [9.17, 15) is 0 Å². The van der Waals surface area contributed by atoms with Gasteiger partial charge in [0.15, 0.2) is 0 Å². The van der Waals surface area contributed by atoms with Crippen LogP contribution in [-0.2, 0) is 0 Å². The van der Waals surface area contributed by atoms with E-state index in [1.54, 1.807) is 0 Å². The van der Waals surface area contributed by atoms with E-state index in [0.29, 0.717) is 17.4 Å². The Hall–Kier alpha value is -0.520.